The van der Waals surface area contributed by atoms with Crippen LogP contribution in [0, 0.1) is 6.92 Å². The molecule has 3 heteroatoms. The van der Waals surface area contributed by atoms with Gasteiger partial charge in [0.05, 0.1) is 0 Å². The second kappa shape index (κ2) is 5.11. The zero-order valence-corrected chi connectivity index (χ0v) is 10.7. The molecule has 0 saturated heterocycles. The number of aryl methyl sites for hydroxylation is 1. The Labute approximate surface area is 107 Å². The molecule has 0 heterocycles. The van der Waals surface area contributed by atoms with Crippen LogP contribution in [0.15, 0.2) is 42.5 Å². The van der Waals surface area contributed by atoms with Crippen LogP contribution in [0.1, 0.15) is 5.56 Å². The molecule has 0 spiro atoms. The Balaban J connectivity index is 2.25. The average molecular weight is 247 g/mol. The van der Waals surface area contributed by atoms with Gasteiger partial charge in [-0.05, 0) is 48.9 Å². The summed E-state index contributed by atoms with van der Waals surface area (Å²) in [5, 5.41) is 7.25. The van der Waals surface area contributed by atoms with Crippen LogP contribution in [0.5, 0.6) is 0 Å². The van der Waals surface area contributed by atoms with Gasteiger partial charge in [0, 0.05) is 29.1 Å². The molecule has 2 aromatic carbocycles. The summed E-state index contributed by atoms with van der Waals surface area (Å²) in [5.74, 6) is 0. The van der Waals surface area contributed by atoms with Crippen molar-refractivity contribution in [1.29, 1.82) is 0 Å². The first-order chi connectivity index (χ1) is 8.19. The topological polar surface area (TPSA) is 24.1 Å². The van der Waals surface area contributed by atoms with E-state index in [1.807, 2.05) is 50.4 Å². The Kier molecular flexibility index (Phi) is 3.55. The third kappa shape index (κ3) is 2.92. The van der Waals surface area contributed by atoms with E-state index in [1.54, 1.807) is 0 Å². The van der Waals surface area contributed by atoms with Crippen molar-refractivity contribution in [2.45, 2.75) is 6.92 Å². The lowest BCUT2D eigenvalue weighted by Crippen LogP contribution is -1.94. The molecular formula is C14H15ClN2. The maximum absolute atomic E-state index is 5.93. The van der Waals surface area contributed by atoms with Crippen molar-refractivity contribution >= 4 is 28.7 Å². The minimum absolute atomic E-state index is 0.761. The molecule has 2 nitrogen and oxygen atoms in total. The van der Waals surface area contributed by atoms with Crippen LogP contribution in [0.25, 0.3) is 0 Å². The normalized spacial score (nSPS) is 10.1. The number of hydrogen-bond acceptors (Lipinski definition) is 2. The zero-order valence-electron chi connectivity index (χ0n) is 9.92. The summed E-state index contributed by atoms with van der Waals surface area (Å²) in [7, 11) is 1.91. The van der Waals surface area contributed by atoms with Gasteiger partial charge < -0.3 is 10.6 Å². The SMILES string of the molecule is CNc1cccc(Nc2ccc(Cl)cc2C)c1. The fraction of sp³-hybridized carbons (Fsp3) is 0.143. The summed E-state index contributed by atoms with van der Waals surface area (Å²) in [6, 6.07) is 14.0. The van der Waals surface area contributed by atoms with E-state index in [-0.39, 0.29) is 0 Å². The fourth-order valence-corrected chi connectivity index (χ4v) is 1.90. The molecule has 0 radical (unpaired) electrons. The molecule has 0 aliphatic rings. The molecule has 0 aromatic heterocycles. The van der Waals surface area contributed by atoms with E-state index in [1.165, 1.54) is 0 Å². The Hall–Kier alpha value is -1.67. The van der Waals surface area contributed by atoms with Crippen LogP contribution in [-0.2, 0) is 0 Å². The van der Waals surface area contributed by atoms with Gasteiger partial charge in [0.2, 0.25) is 0 Å². The first-order valence-corrected chi connectivity index (χ1v) is 5.88. The third-order valence-electron chi connectivity index (χ3n) is 2.62. The molecule has 0 fully saturated rings. The maximum Gasteiger partial charge on any atom is 0.0414 e. The van der Waals surface area contributed by atoms with E-state index in [9.17, 15) is 0 Å². The Morgan fingerprint density at radius 1 is 1.00 bits per heavy atom. The van der Waals surface area contributed by atoms with Crippen molar-refractivity contribution in [3.8, 4) is 0 Å². The van der Waals surface area contributed by atoms with Crippen molar-refractivity contribution in [1.82, 2.24) is 0 Å². The standard InChI is InChI=1S/C14H15ClN2/c1-10-8-11(15)6-7-14(10)17-13-5-3-4-12(9-13)16-2/h3-9,16-17H,1-2H3. The van der Waals surface area contributed by atoms with E-state index >= 15 is 0 Å². The van der Waals surface area contributed by atoms with Crippen LogP contribution in [-0.4, -0.2) is 7.05 Å². The third-order valence-corrected chi connectivity index (χ3v) is 2.85. The quantitative estimate of drug-likeness (QED) is 0.837. The van der Waals surface area contributed by atoms with Gasteiger partial charge >= 0.3 is 0 Å². The second-order valence-corrected chi connectivity index (χ2v) is 4.35. The summed E-state index contributed by atoms with van der Waals surface area (Å²) in [6.45, 7) is 2.04. The summed E-state index contributed by atoms with van der Waals surface area (Å²) in [5.41, 5.74) is 4.35. The number of hydrogen-bond donors (Lipinski definition) is 2. The van der Waals surface area contributed by atoms with Gasteiger partial charge in [-0.25, -0.2) is 0 Å². The van der Waals surface area contributed by atoms with Gasteiger partial charge in [0.15, 0.2) is 0 Å². The minimum atomic E-state index is 0.761. The lowest BCUT2D eigenvalue weighted by Gasteiger charge is -2.11. The molecular weight excluding hydrogens is 232 g/mol. The summed E-state index contributed by atoms with van der Waals surface area (Å²) in [4.78, 5) is 0. The van der Waals surface area contributed by atoms with Crippen molar-refractivity contribution in [3.63, 3.8) is 0 Å². The summed E-state index contributed by atoms with van der Waals surface area (Å²) < 4.78 is 0. The average Bonchev–Trinajstić information content (AvgIpc) is 2.33. The second-order valence-electron chi connectivity index (χ2n) is 3.92. The van der Waals surface area contributed by atoms with Crippen molar-refractivity contribution < 1.29 is 0 Å². The van der Waals surface area contributed by atoms with Gasteiger partial charge in [-0.3, -0.25) is 0 Å². The highest BCUT2D eigenvalue weighted by Gasteiger charge is 2.00. The Bertz CT molecular complexity index is 523. The predicted molar refractivity (Wildman–Crippen MR) is 75.5 cm³/mol. The van der Waals surface area contributed by atoms with Crippen LogP contribution in [0.2, 0.25) is 5.02 Å². The molecule has 88 valence electrons. The van der Waals surface area contributed by atoms with Crippen LogP contribution < -0.4 is 10.6 Å². The highest BCUT2D eigenvalue weighted by atomic mass is 35.5. The summed E-state index contributed by atoms with van der Waals surface area (Å²) >= 11 is 5.93. The Morgan fingerprint density at radius 3 is 2.47 bits per heavy atom. The van der Waals surface area contributed by atoms with Crippen LogP contribution in [0.4, 0.5) is 17.1 Å². The molecule has 0 amide bonds. The van der Waals surface area contributed by atoms with Crippen molar-refractivity contribution in [2.75, 3.05) is 17.7 Å². The molecule has 0 bridgehead atoms. The van der Waals surface area contributed by atoms with E-state index in [4.69, 9.17) is 11.6 Å². The molecule has 17 heavy (non-hydrogen) atoms. The van der Waals surface area contributed by atoms with Crippen molar-refractivity contribution in [3.05, 3.63) is 53.1 Å². The number of rotatable bonds is 3. The maximum atomic E-state index is 5.93. The Morgan fingerprint density at radius 2 is 1.76 bits per heavy atom. The molecule has 2 N–H and O–H groups in total. The zero-order chi connectivity index (χ0) is 12.3. The largest absolute Gasteiger partial charge is 0.388 e. The van der Waals surface area contributed by atoms with Gasteiger partial charge in [-0.2, -0.15) is 0 Å². The number of nitrogens with one attached hydrogen (secondary N) is 2. The molecule has 2 rings (SSSR count). The smallest absolute Gasteiger partial charge is 0.0414 e. The molecule has 2 aromatic rings. The van der Waals surface area contributed by atoms with Gasteiger partial charge in [0.25, 0.3) is 0 Å². The monoisotopic (exact) mass is 246 g/mol. The van der Waals surface area contributed by atoms with Gasteiger partial charge in [-0.15, -0.1) is 0 Å². The van der Waals surface area contributed by atoms with Gasteiger partial charge in [-0.1, -0.05) is 17.7 Å². The fourth-order valence-electron chi connectivity index (χ4n) is 1.68. The first-order valence-electron chi connectivity index (χ1n) is 5.50. The summed E-state index contributed by atoms with van der Waals surface area (Å²) in [6.07, 6.45) is 0. The highest BCUT2D eigenvalue weighted by Crippen LogP contribution is 2.24. The molecule has 0 aliphatic heterocycles. The molecule has 0 unspecified atom stereocenters. The lowest BCUT2D eigenvalue weighted by atomic mass is 10.2. The van der Waals surface area contributed by atoms with E-state index < -0.39 is 0 Å². The minimum Gasteiger partial charge on any atom is -0.388 e. The molecule has 0 atom stereocenters. The lowest BCUT2D eigenvalue weighted by molar-refractivity contribution is 1.42. The first kappa shape index (κ1) is 11.8. The van der Waals surface area contributed by atoms with E-state index in [2.05, 4.69) is 16.7 Å². The predicted octanol–water partition coefficient (Wildman–Crippen LogP) is 4.43. The van der Waals surface area contributed by atoms with E-state index in [0.29, 0.717) is 0 Å². The number of halogens is 1. The van der Waals surface area contributed by atoms with E-state index in [0.717, 1.165) is 27.6 Å². The molecule has 0 aliphatic carbocycles. The van der Waals surface area contributed by atoms with Gasteiger partial charge in [0.1, 0.15) is 0 Å². The van der Waals surface area contributed by atoms with Crippen molar-refractivity contribution in [2.24, 2.45) is 0 Å². The number of anilines is 3. The van der Waals surface area contributed by atoms with Crippen LogP contribution >= 0.6 is 11.6 Å². The number of benzene rings is 2. The highest BCUT2D eigenvalue weighted by molar-refractivity contribution is 6.30. The van der Waals surface area contributed by atoms with Crippen LogP contribution in [0.3, 0.4) is 0 Å². The molecule has 0 saturated carbocycles.